The third-order valence-corrected chi connectivity index (χ3v) is 7.09. The van der Waals surface area contributed by atoms with E-state index in [0.29, 0.717) is 56.2 Å². The second kappa shape index (κ2) is 8.55. The second-order valence-electron chi connectivity index (χ2n) is 7.20. The number of sulfonamides is 1. The van der Waals surface area contributed by atoms with Gasteiger partial charge in [-0.25, -0.2) is 8.42 Å². The van der Waals surface area contributed by atoms with Crippen LogP contribution in [0.2, 0.25) is 0 Å². The average Bonchev–Trinajstić information content (AvgIpc) is 3.20. The highest BCUT2D eigenvalue weighted by Gasteiger charge is 2.27. The van der Waals surface area contributed by atoms with Crippen LogP contribution in [-0.2, 0) is 19.6 Å². The summed E-state index contributed by atoms with van der Waals surface area (Å²) in [6.07, 6.45) is 1.32. The molecule has 0 aromatic heterocycles. The zero-order valence-electron chi connectivity index (χ0n) is 16.4. The Morgan fingerprint density at radius 3 is 2.50 bits per heavy atom. The minimum atomic E-state index is -3.65. The molecular weight excluding hydrogens is 406 g/mol. The highest BCUT2D eigenvalue weighted by molar-refractivity contribution is 7.89. The third-order valence-electron chi connectivity index (χ3n) is 5.19. The number of nitrogens with zero attached hydrogens (tertiary/aromatic N) is 2. The van der Waals surface area contributed by atoms with Gasteiger partial charge in [-0.1, -0.05) is 12.1 Å². The molecule has 0 aliphatic carbocycles. The van der Waals surface area contributed by atoms with Gasteiger partial charge in [-0.3, -0.25) is 9.59 Å². The number of hydrogen-bond donors (Lipinski definition) is 1. The third kappa shape index (κ3) is 4.23. The van der Waals surface area contributed by atoms with Gasteiger partial charge in [-0.05, 0) is 42.8 Å². The second-order valence-corrected chi connectivity index (χ2v) is 9.14. The fourth-order valence-corrected chi connectivity index (χ4v) is 5.06. The summed E-state index contributed by atoms with van der Waals surface area (Å²) in [5.74, 6) is -0.321. The zero-order chi connectivity index (χ0) is 21.1. The largest absolute Gasteiger partial charge is 0.379 e. The van der Waals surface area contributed by atoms with Gasteiger partial charge in [0.2, 0.25) is 15.9 Å². The van der Waals surface area contributed by atoms with Crippen molar-refractivity contribution in [3.8, 4) is 0 Å². The van der Waals surface area contributed by atoms with E-state index in [4.69, 9.17) is 4.74 Å². The van der Waals surface area contributed by atoms with E-state index in [1.807, 2.05) is 0 Å². The predicted molar refractivity (Wildman–Crippen MR) is 112 cm³/mol. The van der Waals surface area contributed by atoms with E-state index in [0.717, 1.165) is 6.42 Å². The van der Waals surface area contributed by atoms with Crippen molar-refractivity contribution in [1.29, 1.82) is 0 Å². The van der Waals surface area contributed by atoms with Crippen LogP contribution in [0.25, 0.3) is 0 Å². The van der Waals surface area contributed by atoms with E-state index >= 15 is 0 Å². The molecule has 9 heteroatoms. The van der Waals surface area contributed by atoms with E-state index in [2.05, 4.69) is 5.32 Å². The van der Waals surface area contributed by atoms with Crippen LogP contribution in [0.3, 0.4) is 0 Å². The number of anilines is 2. The molecule has 2 saturated heterocycles. The van der Waals surface area contributed by atoms with Gasteiger partial charge < -0.3 is 15.0 Å². The van der Waals surface area contributed by atoms with Crippen molar-refractivity contribution in [1.82, 2.24) is 4.31 Å². The number of morpholine rings is 1. The van der Waals surface area contributed by atoms with Gasteiger partial charge in [-0.15, -0.1) is 0 Å². The summed E-state index contributed by atoms with van der Waals surface area (Å²) in [6, 6.07) is 13.1. The molecule has 1 N–H and O–H groups in total. The van der Waals surface area contributed by atoms with Gasteiger partial charge in [0.1, 0.15) is 0 Å². The summed E-state index contributed by atoms with van der Waals surface area (Å²) in [4.78, 5) is 26.5. The molecule has 158 valence electrons. The monoisotopic (exact) mass is 429 g/mol. The molecule has 0 bridgehead atoms. The number of benzene rings is 2. The lowest BCUT2D eigenvalue weighted by molar-refractivity contribution is -0.117. The molecule has 8 nitrogen and oxygen atoms in total. The van der Waals surface area contributed by atoms with Gasteiger partial charge in [0.15, 0.2) is 0 Å². The fraction of sp³-hybridized carbons (Fsp3) is 0.333. The first-order valence-corrected chi connectivity index (χ1v) is 11.3. The Morgan fingerprint density at radius 2 is 1.77 bits per heavy atom. The first-order valence-electron chi connectivity index (χ1n) is 9.85. The molecule has 0 spiro atoms. The lowest BCUT2D eigenvalue weighted by Gasteiger charge is -2.26. The maximum atomic E-state index is 12.8. The molecule has 2 aliphatic rings. The number of rotatable bonds is 5. The van der Waals surface area contributed by atoms with Crippen LogP contribution in [0.4, 0.5) is 11.4 Å². The van der Waals surface area contributed by atoms with Crippen LogP contribution >= 0.6 is 0 Å². The minimum absolute atomic E-state index is 0.0496. The molecule has 2 amide bonds. The summed E-state index contributed by atoms with van der Waals surface area (Å²) in [7, 11) is -3.65. The van der Waals surface area contributed by atoms with Crippen LogP contribution in [0.5, 0.6) is 0 Å². The van der Waals surface area contributed by atoms with Gasteiger partial charge in [0, 0.05) is 43.0 Å². The molecule has 2 fully saturated rings. The normalized spacial score (nSPS) is 17.9. The summed E-state index contributed by atoms with van der Waals surface area (Å²) in [6.45, 7) is 1.99. The van der Waals surface area contributed by atoms with Crippen LogP contribution < -0.4 is 10.2 Å². The van der Waals surface area contributed by atoms with Crippen molar-refractivity contribution in [2.24, 2.45) is 0 Å². The lowest BCUT2D eigenvalue weighted by Crippen LogP contribution is -2.40. The molecule has 4 rings (SSSR count). The number of nitrogens with one attached hydrogen (secondary N) is 1. The molecule has 0 atom stereocenters. The molecule has 0 radical (unpaired) electrons. The van der Waals surface area contributed by atoms with Gasteiger partial charge in [-0.2, -0.15) is 4.31 Å². The molecule has 0 saturated carbocycles. The van der Waals surface area contributed by atoms with E-state index in [1.54, 1.807) is 41.3 Å². The van der Waals surface area contributed by atoms with Crippen LogP contribution in [0, 0.1) is 0 Å². The van der Waals surface area contributed by atoms with E-state index < -0.39 is 10.0 Å². The smallest absolute Gasteiger partial charge is 0.255 e. The van der Waals surface area contributed by atoms with Crippen LogP contribution in [-0.4, -0.2) is 57.4 Å². The Hall–Kier alpha value is -2.75. The van der Waals surface area contributed by atoms with Crippen molar-refractivity contribution in [3.63, 3.8) is 0 Å². The standard InChI is InChI=1S/C21H23N3O5S/c25-20-8-3-9-24(20)18-6-1-4-16(14-18)21(26)22-17-5-2-7-19(15-17)30(27,28)23-10-12-29-13-11-23/h1-2,4-7,14-15H,3,8-13H2,(H,22,26). The van der Waals surface area contributed by atoms with Gasteiger partial charge in [0.25, 0.3) is 5.91 Å². The van der Waals surface area contributed by atoms with Crippen molar-refractivity contribution in [3.05, 3.63) is 54.1 Å². The van der Waals surface area contributed by atoms with E-state index in [9.17, 15) is 18.0 Å². The molecule has 2 aromatic carbocycles. The fourth-order valence-electron chi connectivity index (χ4n) is 3.61. The van der Waals surface area contributed by atoms with Crippen molar-refractivity contribution < 1.29 is 22.7 Å². The van der Waals surface area contributed by atoms with Crippen LogP contribution in [0.15, 0.2) is 53.4 Å². The highest BCUT2D eigenvalue weighted by atomic mass is 32.2. The maximum absolute atomic E-state index is 12.8. The number of hydrogen-bond acceptors (Lipinski definition) is 5. The Labute approximate surface area is 175 Å². The quantitative estimate of drug-likeness (QED) is 0.785. The Kier molecular flexibility index (Phi) is 5.85. The Bertz CT molecular complexity index is 1060. The molecule has 2 aromatic rings. The predicted octanol–water partition coefficient (Wildman–Crippen LogP) is 2.09. The number of carbonyl (C=O) groups excluding carboxylic acids is 2. The number of carbonyl (C=O) groups is 2. The summed E-state index contributed by atoms with van der Waals surface area (Å²) < 4.78 is 32.3. The summed E-state index contributed by atoms with van der Waals surface area (Å²) in [5, 5.41) is 2.75. The first kappa shape index (κ1) is 20.5. The van der Waals surface area contributed by atoms with Crippen molar-refractivity contribution in [2.45, 2.75) is 17.7 Å². The molecule has 0 unspecified atom stereocenters. The van der Waals surface area contributed by atoms with Gasteiger partial charge >= 0.3 is 0 Å². The Morgan fingerprint density at radius 1 is 1.00 bits per heavy atom. The average molecular weight is 429 g/mol. The summed E-state index contributed by atoms with van der Waals surface area (Å²) in [5.41, 5.74) is 1.47. The molecule has 2 aliphatic heterocycles. The topological polar surface area (TPSA) is 96.0 Å². The lowest BCUT2D eigenvalue weighted by atomic mass is 10.1. The number of ether oxygens (including phenoxy) is 1. The van der Waals surface area contributed by atoms with Gasteiger partial charge in [0.05, 0.1) is 18.1 Å². The highest BCUT2D eigenvalue weighted by Crippen LogP contribution is 2.24. The Balaban J connectivity index is 1.52. The SMILES string of the molecule is O=C(Nc1cccc(S(=O)(=O)N2CCOCC2)c1)c1cccc(N2CCCC2=O)c1. The van der Waals surface area contributed by atoms with E-state index in [1.165, 1.54) is 16.4 Å². The number of amides is 2. The van der Waals surface area contributed by atoms with Crippen LogP contribution in [0.1, 0.15) is 23.2 Å². The summed E-state index contributed by atoms with van der Waals surface area (Å²) >= 11 is 0. The molecule has 30 heavy (non-hydrogen) atoms. The van der Waals surface area contributed by atoms with Crippen molar-refractivity contribution >= 4 is 33.2 Å². The molecular formula is C21H23N3O5S. The molecule has 2 heterocycles. The van der Waals surface area contributed by atoms with Crippen molar-refractivity contribution in [2.75, 3.05) is 43.1 Å². The van der Waals surface area contributed by atoms with E-state index in [-0.39, 0.29) is 16.7 Å². The maximum Gasteiger partial charge on any atom is 0.255 e. The minimum Gasteiger partial charge on any atom is -0.379 e. The zero-order valence-corrected chi connectivity index (χ0v) is 17.2. The first-order chi connectivity index (χ1) is 14.4.